The number of halogens is 2. The van der Waals surface area contributed by atoms with Crippen LogP contribution in [0.4, 0.5) is 22.7 Å². The summed E-state index contributed by atoms with van der Waals surface area (Å²) in [6, 6.07) is 46.4. The van der Waals surface area contributed by atoms with Crippen molar-refractivity contribution < 1.29 is 0 Å². The Labute approximate surface area is 534 Å². The van der Waals surface area contributed by atoms with Gasteiger partial charge in [-0.2, -0.15) is 0 Å². The van der Waals surface area contributed by atoms with E-state index in [1.165, 1.54) is 249 Å². The minimum Gasteiger partial charge on any atom is -0.355 e. The molecule has 2 nitrogen and oxygen atoms in total. The predicted molar refractivity (Wildman–Crippen MR) is 381 cm³/mol. The van der Waals surface area contributed by atoms with Gasteiger partial charge in [0.25, 0.3) is 0 Å². The molecule has 1 atom stereocenters. The first-order chi connectivity index (χ1) is 41.2. The van der Waals surface area contributed by atoms with Crippen molar-refractivity contribution in [3.05, 3.63) is 186 Å². The maximum atomic E-state index is 3.97. The fourth-order valence-corrected chi connectivity index (χ4v) is 15.7. The van der Waals surface area contributed by atoms with E-state index < -0.39 is 0 Å². The minimum absolute atomic E-state index is 0.0964. The van der Waals surface area contributed by atoms with Crippen molar-refractivity contribution >= 4 is 54.6 Å². The zero-order chi connectivity index (χ0) is 60.3. The standard InChI is InChI=1S/C51H74Br2.C30H32N2/c1-5-9-13-17-21-25-33-50(32-24-20-16-12-8-4)46-36-40(52)28-30-42(46)44-39-49-45(38-48(44)50)43-31-29-41(53)37-47(43)51(49,34-26-22-18-14-10-6-2)35-27-23-19-15-11-7-3;1-19-15-21(3)29(22(4)16-19)31-27-11-7-25(8-12-27)26-9-13-28(14-10-26)32-30-23(5)17-20(2)18-24(30)6/h28-31,36-39H,5-27,32-35H2,1-4H3;7-18,31-32H,1-6H3. The molecule has 0 radical (unpaired) electrons. The summed E-state index contributed by atoms with van der Waals surface area (Å²) in [5, 5.41) is 7.17. The molecule has 85 heavy (non-hydrogen) atoms. The van der Waals surface area contributed by atoms with Crippen molar-refractivity contribution in [2.24, 2.45) is 0 Å². The van der Waals surface area contributed by atoms with Gasteiger partial charge in [-0.15, -0.1) is 0 Å². The molecular weight excluding hydrogens is 1160 g/mol. The number of hydrogen-bond donors (Lipinski definition) is 2. The van der Waals surface area contributed by atoms with E-state index in [4.69, 9.17) is 0 Å². The first-order valence-corrected chi connectivity index (χ1v) is 35.5. The van der Waals surface area contributed by atoms with Gasteiger partial charge in [0.05, 0.1) is 0 Å². The Bertz CT molecular complexity index is 3070. The van der Waals surface area contributed by atoms with Crippen LogP contribution in [0.2, 0.25) is 0 Å². The highest BCUT2D eigenvalue weighted by molar-refractivity contribution is 9.10. The van der Waals surface area contributed by atoms with Crippen LogP contribution in [0.15, 0.2) is 130 Å². The van der Waals surface area contributed by atoms with Gasteiger partial charge >= 0.3 is 0 Å². The highest BCUT2D eigenvalue weighted by atomic mass is 79.9. The van der Waals surface area contributed by atoms with Crippen molar-refractivity contribution in [2.75, 3.05) is 10.6 Å². The summed E-state index contributed by atoms with van der Waals surface area (Å²) in [7, 11) is 0. The molecule has 0 saturated carbocycles. The van der Waals surface area contributed by atoms with E-state index in [0.29, 0.717) is 0 Å². The van der Waals surface area contributed by atoms with Gasteiger partial charge in [-0.3, -0.25) is 0 Å². The summed E-state index contributed by atoms with van der Waals surface area (Å²) in [5.74, 6) is 0. The largest absolute Gasteiger partial charge is 0.355 e. The molecule has 0 bridgehead atoms. The van der Waals surface area contributed by atoms with Crippen molar-refractivity contribution in [1.29, 1.82) is 0 Å². The van der Waals surface area contributed by atoms with Crippen molar-refractivity contribution in [3.63, 3.8) is 0 Å². The quantitative estimate of drug-likeness (QED) is 0.0411. The number of rotatable bonds is 32. The number of anilines is 4. The molecule has 7 aromatic rings. The Morgan fingerprint density at radius 1 is 0.294 bits per heavy atom. The fourth-order valence-electron chi connectivity index (χ4n) is 14.9. The fraction of sp³-hybridized carbons (Fsp3) is 0.481. The second kappa shape index (κ2) is 32.4. The summed E-state index contributed by atoms with van der Waals surface area (Å²) in [6.07, 6.45) is 36.2. The molecule has 0 aliphatic heterocycles. The van der Waals surface area contributed by atoms with Gasteiger partial charge < -0.3 is 10.6 Å². The zero-order valence-corrected chi connectivity index (χ0v) is 57.6. The lowest BCUT2D eigenvalue weighted by Crippen LogP contribution is -2.27. The number of hydrogen-bond acceptors (Lipinski definition) is 2. The van der Waals surface area contributed by atoms with Crippen LogP contribution in [-0.4, -0.2) is 0 Å². The number of aryl methyl sites for hydroxylation is 6. The van der Waals surface area contributed by atoms with E-state index in [1.807, 2.05) is 0 Å². The van der Waals surface area contributed by atoms with Crippen LogP contribution < -0.4 is 10.6 Å². The Balaban J connectivity index is 0.000000250. The SMILES string of the molecule is CCCCCCCCC1(CCCCCCC)c2cc(Br)ccc2-c2cc3c(cc21)-c1ccc(Br)cc1C3(CCCCCCCC)CCCCCCCC.Cc1cc(C)c(Nc2ccc(-c3ccc(Nc4c(C)cc(C)cc4C)cc3)cc2)c(C)c1. The summed E-state index contributed by atoms with van der Waals surface area (Å²) >= 11 is 7.95. The van der Waals surface area contributed by atoms with Crippen LogP contribution in [0.5, 0.6) is 0 Å². The lowest BCUT2D eigenvalue weighted by Gasteiger charge is -2.35. The molecule has 9 rings (SSSR count). The maximum absolute atomic E-state index is 3.97. The molecule has 1 unspecified atom stereocenters. The topological polar surface area (TPSA) is 24.1 Å². The molecule has 454 valence electrons. The molecule has 2 N–H and O–H groups in total. The monoisotopic (exact) mass is 1260 g/mol. The van der Waals surface area contributed by atoms with Crippen LogP contribution in [0.25, 0.3) is 33.4 Å². The molecule has 0 fully saturated rings. The first-order valence-electron chi connectivity index (χ1n) is 34.0. The number of fused-ring (bicyclic) bond motifs is 6. The summed E-state index contributed by atoms with van der Waals surface area (Å²) < 4.78 is 2.48. The highest BCUT2D eigenvalue weighted by Gasteiger charge is 2.48. The Hall–Kier alpha value is -4.90. The summed E-state index contributed by atoms with van der Waals surface area (Å²) in [4.78, 5) is 0. The van der Waals surface area contributed by atoms with Crippen LogP contribution >= 0.6 is 31.9 Å². The number of nitrogens with one attached hydrogen (secondary N) is 2. The average Bonchev–Trinajstić information content (AvgIpc) is 1.55. The van der Waals surface area contributed by atoms with E-state index >= 15 is 0 Å². The van der Waals surface area contributed by atoms with Crippen molar-refractivity contribution in [2.45, 2.75) is 253 Å². The normalized spacial score (nSPS) is 14.4. The number of benzene rings is 7. The third kappa shape index (κ3) is 16.6. The zero-order valence-electron chi connectivity index (χ0n) is 54.4. The van der Waals surface area contributed by atoms with E-state index in [0.717, 1.165) is 11.4 Å². The Morgan fingerprint density at radius 3 is 0.859 bits per heavy atom. The summed E-state index contributed by atoms with van der Waals surface area (Å²) in [5.41, 5.74) is 27.6. The number of unbranched alkanes of at least 4 members (excludes halogenated alkanes) is 19. The third-order valence-corrected chi connectivity index (χ3v) is 20.3. The second-order valence-electron chi connectivity index (χ2n) is 26.2. The van der Waals surface area contributed by atoms with Gasteiger partial charge in [-0.1, -0.05) is 279 Å². The molecule has 7 aromatic carbocycles. The lowest BCUT2D eigenvalue weighted by molar-refractivity contribution is 0.394. The van der Waals surface area contributed by atoms with Crippen molar-refractivity contribution in [3.8, 4) is 33.4 Å². The van der Waals surface area contributed by atoms with E-state index in [-0.39, 0.29) is 10.8 Å². The van der Waals surface area contributed by atoms with Gasteiger partial charge in [-0.25, -0.2) is 0 Å². The van der Waals surface area contributed by atoms with Crippen LogP contribution in [-0.2, 0) is 10.8 Å². The average molecular weight is 1270 g/mol. The van der Waals surface area contributed by atoms with Gasteiger partial charge in [0.1, 0.15) is 0 Å². The molecule has 0 spiro atoms. The molecule has 2 aliphatic rings. The van der Waals surface area contributed by atoms with Gasteiger partial charge in [0, 0.05) is 42.5 Å². The molecule has 4 heteroatoms. The molecule has 0 saturated heterocycles. The lowest BCUT2D eigenvalue weighted by atomic mass is 9.68. The molecule has 0 amide bonds. The molecular formula is C81H106Br2N2. The minimum atomic E-state index is 0.0964. The maximum Gasteiger partial charge on any atom is 0.0443 e. The van der Waals surface area contributed by atoms with Crippen molar-refractivity contribution in [1.82, 2.24) is 0 Å². The highest BCUT2D eigenvalue weighted by Crippen LogP contribution is 2.61. The molecule has 0 aromatic heterocycles. The van der Waals surface area contributed by atoms with E-state index in [9.17, 15) is 0 Å². The predicted octanol–water partition coefficient (Wildman–Crippen LogP) is 27.0. The second-order valence-corrected chi connectivity index (χ2v) is 28.0. The van der Waals surface area contributed by atoms with E-state index in [2.05, 4.69) is 233 Å². The van der Waals surface area contributed by atoms with Gasteiger partial charge in [-0.05, 0) is 206 Å². The van der Waals surface area contributed by atoms with Gasteiger partial charge in [0.15, 0.2) is 0 Å². The third-order valence-electron chi connectivity index (χ3n) is 19.3. The summed E-state index contributed by atoms with van der Waals surface area (Å²) in [6.45, 7) is 22.3. The molecule has 0 heterocycles. The van der Waals surface area contributed by atoms with Crippen LogP contribution in [0.3, 0.4) is 0 Å². The smallest absolute Gasteiger partial charge is 0.0443 e. The Kier molecular flexibility index (Phi) is 25.2. The molecule has 2 aliphatic carbocycles. The van der Waals surface area contributed by atoms with Crippen LogP contribution in [0, 0.1) is 41.5 Å². The van der Waals surface area contributed by atoms with E-state index in [1.54, 1.807) is 33.4 Å². The van der Waals surface area contributed by atoms with Gasteiger partial charge in [0.2, 0.25) is 0 Å². The first kappa shape index (κ1) is 66.1. The Morgan fingerprint density at radius 2 is 0.565 bits per heavy atom. The van der Waals surface area contributed by atoms with Crippen LogP contribution in [0.1, 0.15) is 257 Å².